The standard InChI is InChI=1S/C16H30N4O/c1-9-17-12-10(2)13(20-16(7,8)11(3)21)19-14(18-12)15(4,5)6/h11,21H,9H2,1-8H3,(H2,17,18,19,20). The fourth-order valence-corrected chi connectivity index (χ4v) is 1.72. The Morgan fingerprint density at radius 2 is 1.62 bits per heavy atom. The second-order valence-electron chi connectivity index (χ2n) is 7.17. The summed E-state index contributed by atoms with van der Waals surface area (Å²) in [5, 5.41) is 16.6. The summed E-state index contributed by atoms with van der Waals surface area (Å²) < 4.78 is 0. The van der Waals surface area contributed by atoms with Crippen LogP contribution in [0.4, 0.5) is 11.6 Å². The molecule has 1 aromatic rings. The van der Waals surface area contributed by atoms with Gasteiger partial charge in [0, 0.05) is 17.5 Å². The van der Waals surface area contributed by atoms with Crippen molar-refractivity contribution in [3.8, 4) is 0 Å². The van der Waals surface area contributed by atoms with E-state index in [4.69, 9.17) is 0 Å². The fourth-order valence-electron chi connectivity index (χ4n) is 1.72. The number of hydrogen-bond acceptors (Lipinski definition) is 5. The Bertz CT molecular complexity index is 490. The molecule has 0 radical (unpaired) electrons. The monoisotopic (exact) mass is 294 g/mol. The smallest absolute Gasteiger partial charge is 0.138 e. The molecule has 21 heavy (non-hydrogen) atoms. The van der Waals surface area contributed by atoms with Crippen molar-refractivity contribution in [1.29, 1.82) is 0 Å². The normalized spacial score (nSPS) is 14.0. The zero-order valence-electron chi connectivity index (χ0n) is 14.6. The van der Waals surface area contributed by atoms with Crippen LogP contribution in [0.3, 0.4) is 0 Å². The van der Waals surface area contributed by atoms with Crippen LogP contribution in [0.15, 0.2) is 0 Å². The van der Waals surface area contributed by atoms with E-state index in [0.29, 0.717) is 0 Å². The first kappa shape index (κ1) is 17.7. The highest BCUT2D eigenvalue weighted by atomic mass is 16.3. The van der Waals surface area contributed by atoms with Gasteiger partial charge in [-0.25, -0.2) is 9.97 Å². The van der Waals surface area contributed by atoms with E-state index >= 15 is 0 Å². The molecule has 0 aromatic carbocycles. The molecule has 0 aliphatic carbocycles. The van der Waals surface area contributed by atoms with Gasteiger partial charge in [0.1, 0.15) is 17.5 Å². The lowest BCUT2D eigenvalue weighted by Gasteiger charge is -2.31. The summed E-state index contributed by atoms with van der Waals surface area (Å²) in [5.41, 5.74) is 0.375. The number of hydrogen-bond donors (Lipinski definition) is 3. The molecule has 1 atom stereocenters. The maximum absolute atomic E-state index is 9.91. The molecule has 5 nitrogen and oxygen atoms in total. The third-order valence-corrected chi connectivity index (χ3v) is 3.65. The lowest BCUT2D eigenvalue weighted by atomic mass is 9.95. The predicted molar refractivity (Wildman–Crippen MR) is 89.0 cm³/mol. The van der Waals surface area contributed by atoms with E-state index in [9.17, 15) is 5.11 Å². The Kier molecular flexibility index (Phi) is 5.20. The zero-order chi connectivity index (χ0) is 16.4. The summed E-state index contributed by atoms with van der Waals surface area (Å²) >= 11 is 0. The van der Waals surface area contributed by atoms with Gasteiger partial charge in [-0.2, -0.15) is 0 Å². The lowest BCUT2D eigenvalue weighted by Crippen LogP contribution is -2.42. The van der Waals surface area contributed by atoms with Gasteiger partial charge in [0.25, 0.3) is 0 Å². The number of rotatable bonds is 5. The highest BCUT2D eigenvalue weighted by Crippen LogP contribution is 2.28. The molecule has 0 spiro atoms. The van der Waals surface area contributed by atoms with Crippen LogP contribution in [0, 0.1) is 6.92 Å². The summed E-state index contributed by atoms with van der Waals surface area (Å²) in [6, 6.07) is 0. The van der Waals surface area contributed by atoms with Gasteiger partial charge in [0.05, 0.1) is 11.6 Å². The lowest BCUT2D eigenvalue weighted by molar-refractivity contribution is 0.133. The molecule has 0 bridgehead atoms. The number of nitrogens with one attached hydrogen (secondary N) is 2. The third-order valence-electron chi connectivity index (χ3n) is 3.65. The second kappa shape index (κ2) is 6.18. The molecule has 0 amide bonds. The first-order valence-electron chi connectivity index (χ1n) is 7.58. The number of aliphatic hydroxyl groups excluding tert-OH is 1. The summed E-state index contributed by atoms with van der Waals surface area (Å²) in [4.78, 5) is 9.32. The molecule has 3 N–H and O–H groups in total. The maximum Gasteiger partial charge on any atom is 0.138 e. The molecule has 1 aromatic heterocycles. The largest absolute Gasteiger partial charge is 0.391 e. The van der Waals surface area contributed by atoms with Crippen LogP contribution in [-0.2, 0) is 5.41 Å². The van der Waals surface area contributed by atoms with Crippen LogP contribution in [0.25, 0.3) is 0 Å². The third kappa shape index (κ3) is 4.30. The van der Waals surface area contributed by atoms with Crippen molar-refractivity contribution in [2.45, 2.75) is 72.4 Å². The van der Waals surface area contributed by atoms with Gasteiger partial charge < -0.3 is 15.7 Å². The van der Waals surface area contributed by atoms with Gasteiger partial charge in [0.2, 0.25) is 0 Å². The Morgan fingerprint density at radius 1 is 1.10 bits per heavy atom. The molecule has 5 heteroatoms. The zero-order valence-corrected chi connectivity index (χ0v) is 14.6. The topological polar surface area (TPSA) is 70.1 Å². The second-order valence-corrected chi connectivity index (χ2v) is 7.17. The van der Waals surface area contributed by atoms with Crippen LogP contribution in [0.5, 0.6) is 0 Å². The van der Waals surface area contributed by atoms with E-state index in [1.54, 1.807) is 6.92 Å². The molecule has 0 saturated carbocycles. The average molecular weight is 294 g/mol. The minimum atomic E-state index is -0.493. The summed E-state index contributed by atoms with van der Waals surface area (Å²) in [6.07, 6.45) is -0.493. The number of anilines is 2. The van der Waals surface area contributed by atoms with Gasteiger partial charge in [-0.3, -0.25) is 0 Å². The summed E-state index contributed by atoms with van der Waals surface area (Å²) in [7, 11) is 0. The highest BCUT2D eigenvalue weighted by Gasteiger charge is 2.27. The molecule has 0 saturated heterocycles. The maximum atomic E-state index is 9.91. The van der Waals surface area contributed by atoms with Crippen molar-refractivity contribution in [2.24, 2.45) is 0 Å². The Morgan fingerprint density at radius 3 is 2.05 bits per heavy atom. The minimum absolute atomic E-state index is 0.136. The van der Waals surface area contributed by atoms with Crippen LogP contribution >= 0.6 is 0 Å². The van der Waals surface area contributed by atoms with Crippen molar-refractivity contribution in [3.05, 3.63) is 11.4 Å². The van der Waals surface area contributed by atoms with Crippen LogP contribution in [0.2, 0.25) is 0 Å². The average Bonchev–Trinajstić information content (AvgIpc) is 2.32. The SMILES string of the molecule is CCNc1nc(C(C)(C)C)nc(NC(C)(C)C(C)O)c1C. The van der Waals surface area contributed by atoms with E-state index in [1.807, 2.05) is 27.7 Å². The number of aliphatic hydroxyl groups is 1. The van der Waals surface area contributed by atoms with Gasteiger partial charge in [-0.1, -0.05) is 20.8 Å². The minimum Gasteiger partial charge on any atom is -0.391 e. The van der Waals surface area contributed by atoms with Crippen LogP contribution < -0.4 is 10.6 Å². The first-order chi connectivity index (χ1) is 9.49. The Labute approximate surface area is 128 Å². The van der Waals surface area contributed by atoms with Gasteiger partial charge >= 0.3 is 0 Å². The molecule has 1 unspecified atom stereocenters. The van der Waals surface area contributed by atoms with Crippen molar-refractivity contribution in [3.63, 3.8) is 0 Å². The fraction of sp³-hybridized carbons (Fsp3) is 0.750. The predicted octanol–water partition coefficient (Wildman–Crippen LogP) is 3.09. The number of aromatic nitrogens is 2. The summed E-state index contributed by atoms with van der Waals surface area (Å²) in [6.45, 7) is 16.8. The van der Waals surface area contributed by atoms with Gasteiger partial charge in [-0.15, -0.1) is 0 Å². The van der Waals surface area contributed by atoms with E-state index in [2.05, 4.69) is 41.4 Å². The van der Waals surface area contributed by atoms with Gasteiger partial charge in [-0.05, 0) is 34.6 Å². The quantitative estimate of drug-likeness (QED) is 0.778. The number of nitrogens with zero attached hydrogens (tertiary/aromatic N) is 2. The molecule has 1 rings (SSSR count). The van der Waals surface area contributed by atoms with Crippen molar-refractivity contribution < 1.29 is 5.11 Å². The molecular weight excluding hydrogens is 264 g/mol. The summed E-state index contributed by atoms with van der Waals surface area (Å²) in [5.74, 6) is 2.41. The molecule has 0 aliphatic heterocycles. The molecule has 1 heterocycles. The molecule has 0 aliphatic rings. The molecule has 120 valence electrons. The molecule has 0 fully saturated rings. The van der Waals surface area contributed by atoms with Crippen LogP contribution in [-0.4, -0.2) is 33.3 Å². The Hall–Kier alpha value is -1.36. The van der Waals surface area contributed by atoms with E-state index < -0.39 is 11.6 Å². The van der Waals surface area contributed by atoms with E-state index in [1.165, 1.54) is 0 Å². The van der Waals surface area contributed by atoms with E-state index in [-0.39, 0.29) is 5.41 Å². The van der Waals surface area contributed by atoms with Crippen molar-refractivity contribution >= 4 is 11.6 Å². The van der Waals surface area contributed by atoms with Crippen molar-refractivity contribution in [2.75, 3.05) is 17.2 Å². The highest BCUT2D eigenvalue weighted by molar-refractivity contribution is 5.58. The Balaban J connectivity index is 3.33. The molecular formula is C16H30N4O. The van der Waals surface area contributed by atoms with Crippen LogP contribution in [0.1, 0.15) is 59.9 Å². The van der Waals surface area contributed by atoms with E-state index in [0.717, 1.165) is 29.6 Å². The van der Waals surface area contributed by atoms with Gasteiger partial charge in [0.15, 0.2) is 0 Å². The van der Waals surface area contributed by atoms with Crippen molar-refractivity contribution in [1.82, 2.24) is 9.97 Å². The first-order valence-corrected chi connectivity index (χ1v) is 7.58.